The van der Waals surface area contributed by atoms with Crippen molar-refractivity contribution in [1.82, 2.24) is 0 Å². The molecule has 1 unspecified atom stereocenters. The molecule has 0 heterocycles. The van der Waals surface area contributed by atoms with Gasteiger partial charge in [-0.25, -0.2) is 0 Å². The van der Waals surface area contributed by atoms with E-state index >= 15 is 0 Å². The van der Waals surface area contributed by atoms with E-state index in [9.17, 15) is 14.4 Å². The second-order valence-electron chi connectivity index (χ2n) is 20.6. The quantitative estimate of drug-likeness (QED) is 0.0261. The van der Waals surface area contributed by atoms with Crippen LogP contribution in [0.2, 0.25) is 0 Å². The van der Waals surface area contributed by atoms with Crippen LogP contribution in [0.4, 0.5) is 0 Å². The van der Waals surface area contributed by atoms with E-state index in [-0.39, 0.29) is 31.1 Å². The van der Waals surface area contributed by atoms with Crippen molar-refractivity contribution in [3.63, 3.8) is 0 Å². The molecule has 0 saturated carbocycles. The minimum Gasteiger partial charge on any atom is -0.462 e. The molecular formula is C67H116O6. The first kappa shape index (κ1) is 69.6. The highest BCUT2D eigenvalue weighted by molar-refractivity contribution is 5.71. The first-order chi connectivity index (χ1) is 36.0. The maximum Gasteiger partial charge on any atom is 0.306 e. The Kier molecular flexibility index (Phi) is 58.3. The molecule has 0 amide bonds. The molecule has 0 aliphatic heterocycles. The molecule has 0 aromatic heterocycles. The molecule has 0 aromatic rings. The number of ether oxygens (including phenoxy) is 3. The summed E-state index contributed by atoms with van der Waals surface area (Å²) in [5.74, 6) is -0.906. The molecule has 0 N–H and O–H groups in total. The smallest absolute Gasteiger partial charge is 0.306 e. The van der Waals surface area contributed by atoms with Crippen LogP contribution in [0.15, 0.2) is 85.1 Å². The average molecular weight is 1020 g/mol. The molecule has 6 heteroatoms. The zero-order valence-electron chi connectivity index (χ0n) is 48.1. The fourth-order valence-electron chi connectivity index (χ4n) is 8.63. The standard InChI is InChI=1S/C67H116O6/c1-4-7-10-13-16-19-22-25-28-31-32-33-34-37-39-42-45-48-51-54-57-60-66(69)72-63-64(73-67(70)61-58-55-52-49-46-43-40-36-30-27-24-21-18-15-12-9-6-3)62-71-65(68)59-56-53-50-47-44-41-38-35-29-26-23-20-17-14-11-8-5-2/h17-18,20-22,25-27,29-32,34,37,64H,4-16,19,23-24,28,33,35-36,38-63H2,1-3H3/b20-17-,21-18-,25-22-,29-26-,30-27-,32-31-,37-34-. The predicted octanol–water partition coefficient (Wildman–Crippen LogP) is 21.1. The lowest BCUT2D eigenvalue weighted by molar-refractivity contribution is -0.167. The predicted molar refractivity (Wildman–Crippen MR) is 316 cm³/mol. The van der Waals surface area contributed by atoms with Gasteiger partial charge in [-0.1, -0.05) is 247 Å². The fourth-order valence-corrected chi connectivity index (χ4v) is 8.63. The van der Waals surface area contributed by atoms with Crippen LogP contribution >= 0.6 is 0 Å². The monoisotopic (exact) mass is 1020 g/mol. The molecule has 0 aromatic carbocycles. The fraction of sp³-hybridized carbons (Fsp3) is 0.746. The molecule has 6 nitrogen and oxygen atoms in total. The van der Waals surface area contributed by atoms with Crippen molar-refractivity contribution in [1.29, 1.82) is 0 Å². The van der Waals surface area contributed by atoms with Gasteiger partial charge in [0.1, 0.15) is 13.2 Å². The third kappa shape index (κ3) is 59.3. The minimum absolute atomic E-state index is 0.0880. The van der Waals surface area contributed by atoms with Crippen molar-refractivity contribution < 1.29 is 28.6 Å². The molecule has 420 valence electrons. The molecule has 0 aliphatic carbocycles. The van der Waals surface area contributed by atoms with Crippen molar-refractivity contribution in [2.75, 3.05) is 13.2 Å². The van der Waals surface area contributed by atoms with Crippen LogP contribution in [0, 0.1) is 0 Å². The highest BCUT2D eigenvalue weighted by atomic mass is 16.6. The van der Waals surface area contributed by atoms with Crippen LogP contribution in [0.1, 0.15) is 303 Å². The summed E-state index contributed by atoms with van der Waals surface area (Å²) in [7, 11) is 0. The maximum absolute atomic E-state index is 12.9. The van der Waals surface area contributed by atoms with Gasteiger partial charge in [0.2, 0.25) is 0 Å². The van der Waals surface area contributed by atoms with Crippen LogP contribution in [-0.2, 0) is 28.6 Å². The van der Waals surface area contributed by atoms with E-state index in [1.807, 2.05) is 0 Å². The molecule has 0 spiro atoms. The van der Waals surface area contributed by atoms with Gasteiger partial charge in [-0.2, -0.15) is 0 Å². The SMILES string of the molecule is CCCCC/C=C\C/C=C\CCCCCCCCCC(=O)OCC(COC(=O)CCCCCCCC/C=C\C/C=C\C/C=C\CCCCCCC)OC(=O)CCCCCCCCC/C=C\C/C=C\CCCCC. The Morgan fingerprint density at radius 2 is 0.493 bits per heavy atom. The van der Waals surface area contributed by atoms with Gasteiger partial charge < -0.3 is 14.2 Å². The number of esters is 3. The summed E-state index contributed by atoms with van der Waals surface area (Å²) < 4.78 is 16.9. The molecule has 0 aliphatic rings. The lowest BCUT2D eigenvalue weighted by Gasteiger charge is -2.18. The first-order valence-corrected chi connectivity index (χ1v) is 31.1. The third-order valence-electron chi connectivity index (χ3n) is 13.3. The summed E-state index contributed by atoms with van der Waals surface area (Å²) in [4.78, 5) is 38.3. The number of allylic oxidation sites excluding steroid dienone is 14. The third-order valence-corrected chi connectivity index (χ3v) is 13.3. The van der Waals surface area contributed by atoms with Crippen LogP contribution in [0.5, 0.6) is 0 Å². The van der Waals surface area contributed by atoms with Gasteiger partial charge in [0, 0.05) is 19.3 Å². The van der Waals surface area contributed by atoms with E-state index < -0.39 is 6.10 Å². The van der Waals surface area contributed by atoms with Gasteiger partial charge in [0.15, 0.2) is 6.10 Å². The number of carbonyl (C=O) groups is 3. The maximum atomic E-state index is 12.9. The van der Waals surface area contributed by atoms with E-state index in [4.69, 9.17) is 14.2 Å². The van der Waals surface area contributed by atoms with E-state index in [1.54, 1.807) is 0 Å². The largest absolute Gasteiger partial charge is 0.462 e. The summed E-state index contributed by atoms with van der Waals surface area (Å²) in [6.45, 7) is 6.58. The van der Waals surface area contributed by atoms with Gasteiger partial charge in [0.25, 0.3) is 0 Å². The Morgan fingerprint density at radius 1 is 0.274 bits per heavy atom. The van der Waals surface area contributed by atoms with Crippen molar-refractivity contribution in [2.24, 2.45) is 0 Å². The van der Waals surface area contributed by atoms with Crippen molar-refractivity contribution in [3.05, 3.63) is 85.1 Å². The minimum atomic E-state index is -0.792. The summed E-state index contributed by atoms with van der Waals surface area (Å²) in [5, 5.41) is 0. The summed E-state index contributed by atoms with van der Waals surface area (Å²) >= 11 is 0. The van der Waals surface area contributed by atoms with Gasteiger partial charge in [-0.05, 0) is 122 Å². The Morgan fingerprint density at radius 3 is 0.795 bits per heavy atom. The molecule has 1 atom stereocenters. The number of rotatable bonds is 56. The molecule has 0 saturated heterocycles. The lowest BCUT2D eigenvalue weighted by Crippen LogP contribution is -2.30. The molecule has 0 bridgehead atoms. The summed E-state index contributed by atoms with van der Waals surface area (Å²) in [6, 6.07) is 0. The lowest BCUT2D eigenvalue weighted by atomic mass is 10.1. The number of hydrogen-bond acceptors (Lipinski definition) is 6. The van der Waals surface area contributed by atoms with Crippen LogP contribution in [0.3, 0.4) is 0 Å². The zero-order valence-corrected chi connectivity index (χ0v) is 48.1. The zero-order chi connectivity index (χ0) is 52.9. The van der Waals surface area contributed by atoms with Gasteiger partial charge in [0.05, 0.1) is 0 Å². The summed E-state index contributed by atoms with van der Waals surface area (Å²) in [6.07, 6.45) is 80.0. The van der Waals surface area contributed by atoms with Gasteiger partial charge in [-0.15, -0.1) is 0 Å². The van der Waals surface area contributed by atoms with Crippen molar-refractivity contribution in [2.45, 2.75) is 309 Å². The van der Waals surface area contributed by atoms with Crippen LogP contribution in [-0.4, -0.2) is 37.2 Å². The second-order valence-corrected chi connectivity index (χ2v) is 20.6. The molecule has 0 fully saturated rings. The normalized spacial score (nSPS) is 12.6. The number of hydrogen-bond donors (Lipinski definition) is 0. The van der Waals surface area contributed by atoms with Gasteiger partial charge in [-0.3, -0.25) is 14.4 Å². The van der Waals surface area contributed by atoms with Crippen LogP contribution in [0.25, 0.3) is 0 Å². The van der Waals surface area contributed by atoms with Gasteiger partial charge >= 0.3 is 17.9 Å². The van der Waals surface area contributed by atoms with Crippen molar-refractivity contribution >= 4 is 17.9 Å². The van der Waals surface area contributed by atoms with Crippen LogP contribution < -0.4 is 0 Å². The Labute approximate surface area is 452 Å². The van der Waals surface area contributed by atoms with Crippen molar-refractivity contribution in [3.8, 4) is 0 Å². The summed E-state index contributed by atoms with van der Waals surface area (Å²) in [5.41, 5.74) is 0. The Balaban J connectivity index is 4.42. The Bertz CT molecular complexity index is 1400. The topological polar surface area (TPSA) is 78.9 Å². The highest BCUT2D eigenvalue weighted by Crippen LogP contribution is 2.15. The molecule has 73 heavy (non-hydrogen) atoms. The number of carbonyl (C=O) groups excluding carboxylic acids is 3. The molecular weight excluding hydrogens is 901 g/mol. The Hall–Kier alpha value is -3.41. The number of unbranched alkanes of at least 4 members (excludes halogenated alkanes) is 31. The average Bonchev–Trinajstić information content (AvgIpc) is 3.39. The first-order valence-electron chi connectivity index (χ1n) is 31.1. The van der Waals surface area contributed by atoms with E-state index in [0.29, 0.717) is 19.3 Å². The second kappa shape index (κ2) is 61.1. The van der Waals surface area contributed by atoms with E-state index in [2.05, 4.69) is 106 Å². The molecule has 0 rings (SSSR count). The highest BCUT2D eigenvalue weighted by Gasteiger charge is 2.19. The van der Waals surface area contributed by atoms with E-state index in [0.717, 1.165) is 103 Å². The molecule has 0 radical (unpaired) electrons. The van der Waals surface area contributed by atoms with E-state index in [1.165, 1.54) is 161 Å².